The first-order valence-electron chi connectivity index (χ1n) is 8.34. The molecule has 1 N–H and O–H groups in total. The monoisotopic (exact) mass is 372 g/mol. The maximum absolute atomic E-state index is 13.1. The van der Waals surface area contributed by atoms with E-state index in [0.717, 1.165) is 25.0 Å². The molecule has 0 aliphatic carbocycles. The van der Waals surface area contributed by atoms with E-state index in [1.165, 1.54) is 16.4 Å². The van der Waals surface area contributed by atoms with E-state index < -0.39 is 27.5 Å². The van der Waals surface area contributed by atoms with Crippen molar-refractivity contribution in [3.05, 3.63) is 30.1 Å². The van der Waals surface area contributed by atoms with Crippen LogP contribution in [0.5, 0.6) is 0 Å². The molecule has 0 bridgehead atoms. The lowest BCUT2D eigenvalue weighted by Gasteiger charge is -2.34. The lowest BCUT2D eigenvalue weighted by atomic mass is 10.1. The van der Waals surface area contributed by atoms with E-state index in [9.17, 15) is 17.6 Å². The van der Waals surface area contributed by atoms with E-state index in [2.05, 4.69) is 5.32 Å². The van der Waals surface area contributed by atoms with Gasteiger partial charge in [-0.15, -0.1) is 0 Å². The van der Waals surface area contributed by atoms with Crippen molar-refractivity contribution in [2.45, 2.75) is 56.6 Å². The van der Waals surface area contributed by atoms with Gasteiger partial charge in [-0.1, -0.05) is 6.42 Å². The Kier molecular flexibility index (Phi) is 6.05. The molecule has 8 heteroatoms. The average molecular weight is 372 g/mol. The Morgan fingerprint density at radius 1 is 1.28 bits per heavy atom. The molecule has 1 aromatic carbocycles. The SMILES string of the molecule is CC(C)(C)OC(=O)NCC1CCCCN1S(=O)(=O)c1ccc(F)cc1. The molecule has 1 unspecified atom stereocenters. The number of piperidine rings is 1. The summed E-state index contributed by atoms with van der Waals surface area (Å²) in [5.74, 6) is -0.485. The van der Waals surface area contributed by atoms with Crippen molar-refractivity contribution in [2.75, 3.05) is 13.1 Å². The zero-order valence-corrected chi connectivity index (χ0v) is 15.6. The fraction of sp³-hybridized carbons (Fsp3) is 0.588. The summed E-state index contributed by atoms with van der Waals surface area (Å²) < 4.78 is 45.3. The first-order valence-corrected chi connectivity index (χ1v) is 9.78. The van der Waals surface area contributed by atoms with E-state index in [-0.39, 0.29) is 17.5 Å². The number of alkyl carbamates (subject to hydrolysis) is 1. The molecular weight excluding hydrogens is 347 g/mol. The average Bonchev–Trinajstić information content (AvgIpc) is 2.52. The molecule has 25 heavy (non-hydrogen) atoms. The van der Waals surface area contributed by atoms with Crippen LogP contribution in [-0.4, -0.2) is 43.5 Å². The molecular formula is C17H25FN2O4S. The summed E-state index contributed by atoms with van der Waals surface area (Å²) in [5, 5.41) is 2.64. The van der Waals surface area contributed by atoms with Crippen molar-refractivity contribution < 1.29 is 22.3 Å². The van der Waals surface area contributed by atoms with Crippen LogP contribution in [0.3, 0.4) is 0 Å². The summed E-state index contributed by atoms with van der Waals surface area (Å²) in [6, 6.07) is 4.43. The van der Waals surface area contributed by atoms with Gasteiger partial charge in [-0.2, -0.15) is 4.31 Å². The number of carbonyl (C=O) groups is 1. The minimum absolute atomic E-state index is 0.0538. The Labute approximate surface area is 148 Å². The number of ether oxygens (including phenoxy) is 1. The number of hydrogen-bond acceptors (Lipinski definition) is 4. The van der Waals surface area contributed by atoms with Crippen molar-refractivity contribution in [3.8, 4) is 0 Å². The fourth-order valence-electron chi connectivity index (χ4n) is 2.75. The third-order valence-corrected chi connectivity index (χ3v) is 5.84. The summed E-state index contributed by atoms with van der Waals surface area (Å²) in [4.78, 5) is 11.9. The van der Waals surface area contributed by atoms with Gasteiger partial charge in [0.05, 0.1) is 4.90 Å². The fourth-order valence-corrected chi connectivity index (χ4v) is 4.44. The van der Waals surface area contributed by atoms with Crippen LogP contribution in [0.1, 0.15) is 40.0 Å². The molecule has 1 aliphatic heterocycles. The molecule has 1 saturated heterocycles. The van der Waals surface area contributed by atoms with Crippen molar-refractivity contribution in [1.29, 1.82) is 0 Å². The Balaban J connectivity index is 2.09. The highest BCUT2D eigenvalue weighted by atomic mass is 32.2. The molecule has 0 radical (unpaired) electrons. The first-order chi connectivity index (χ1) is 11.6. The number of rotatable bonds is 4. The Morgan fingerprint density at radius 3 is 2.52 bits per heavy atom. The maximum Gasteiger partial charge on any atom is 0.407 e. The highest BCUT2D eigenvalue weighted by molar-refractivity contribution is 7.89. The smallest absolute Gasteiger partial charge is 0.407 e. The van der Waals surface area contributed by atoms with Gasteiger partial charge in [0, 0.05) is 19.1 Å². The van der Waals surface area contributed by atoms with Crippen molar-refractivity contribution in [2.24, 2.45) is 0 Å². The van der Waals surface area contributed by atoms with Gasteiger partial charge in [0.2, 0.25) is 10.0 Å². The molecule has 0 aromatic heterocycles. The highest BCUT2D eigenvalue weighted by Gasteiger charge is 2.34. The molecule has 2 rings (SSSR count). The summed E-state index contributed by atoms with van der Waals surface area (Å²) in [6.45, 7) is 5.84. The first kappa shape index (κ1) is 19.7. The number of hydrogen-bond donors (Lipinski definition) is 1. The molecule has 6 nitrogen and oxygen atoms in total. The van der Waals surface area contributed by atoms with Gasteiger partial charge in [0.15, 0.2) is 0 Å². The number of benzene rings is 1. The predicted octanol–water partition coefficient (Wildman–Crippen LogP) is 2.89. The van der Waals surface area contributed by atoms with Gasteiger partial charge in [0.1, 0.15) is 11.4 Å². The second kappa shape index (κ2) is 7.70. The van der Waals surface area contributed by atoms with Crippen LogP contribution in [0.4, 0.5) is 9.18 Å². The normalized spacial score (nSPS) is 19.4. The second-order valence-corrected chi connectivity index (χ2v) is 8.99. The van der Waals surface area contributed by atoms with Gasteiger partial charge >= 0.3 is 6.09 Å². The number of sulfonamides is 1. The summed E-state index contributed by atoms with van der Waals surface area (Å²) in [7, 11) is -3.74. The van der Waals surface area contributed by atoms with Gasteiger partial charge in [-0.25, -0.2) is 17.6 Å². The van der Waals surface area contributed by atoms with Gasteiger partial charge in [0.25, 0.3) is 0 Å². The number of halogens is 1. The molecule has 1 aromatic rings. The third kappa shape index (κ3) is 5.40. The molecule has 1 fully saturated rings. The maximum atomic E-state index is 13.1. The van der Waals surface area contributed by atoms with Crippen LogP contribution < -0.4 is 5.32 Å². The van der Waals surface area contributed by atoms with Gasteiger partial charge < -0.3 is 10.1 Å². The van der Waals surface area contributed by atoms with Crippen LogP contribution in [0.15, 0.2) is 29.2 Å². The van der Waals surface area contributed by atoms with Crippen LogP contribution in [0.25, 0.3) is 0 Å². The minimum Gasteiger partial charge on any atom is -0.444 e. The quantitative estimate of drug-likeness (QED) is 0.882. The third-order valence-electron chi connectivity index (χ3n) is 3.87. The largest absolute Gasteiger partial charge is 0.444 e. The molecule has 1 atom stereocenters. The van der Waals surface area contributed by atoms with E-state index in [1.807, 2.05) is 0 Å². The van der Waals surface area contributed by atoms with Crippen LogP contribution >= 0.6 is 0 Å². The van der Waals surface area contributed by atoms with Crippen LogP contribution in [0.2, 0.25) is 0 Å². The van der Waals surface area contributed by atoms with E-state index in [1.54, 1.807) is 20.8 Å². The zero-order valence-electron chi connectivity index (χ0n) is 14.8. The van der Waals surface area contributed by atoms with E-state index in [4.69, 9.17) is 4.74 Å². The van der Waals surface area contributed by atoms with Crippen molar-refractivity contribution in [1.82, 2.24) is 9.62 Å². The lowest BCUT2D eigenvalue weighted by molar-refractivity contribution is 0.0512. The summed E-state index contributed by atoms with van der Waals surface area (Å²) in [5.41, 5.74) is -0.615. The van der Waals surface area contributed by atoms with Gasteiger partial charge in [-0.05, 0) is 57.9 Å². The number of amides is 1. The standard InChI is InChI=1S/C17H25FN2O4S/c1-17(2,3)24-16(21)19-12-14-6-4-5-11-20(14)25(22,23)15-9-7-13(18)8-10-15/h7-10,14H,4-6,11-12H2,1-3H3,(H,19,21). The van der Waals surface area contributed by atoms with Crippen molar-refractivity contribution in [3.63, 3.8) is 0 Å². The molecule has 0 saturated carbocycles. The number of nitrogens with one attached hydrogen (secondary N) is 1. The molecule has 1 heterocycles. The Hall–Kier alpha value is -1.67. The number of nitrogens with zero attached hydrogens (tertiary/aromatic N) is 1. The summed E-state index contributed by atoms with van der Waals surface area (Å²) >= 11 is 0. The zero-order chi connectivity index (χ0) is 18.7. The Bertz CT molecular complexity index is 698. The second-order valence-electron chi connectivity index (χ2n) is 7.10. The van der Waals surface area contributed by atoms with Gasteiger partial charge in [-0.3, -0.25) is 0 Å². The molecule has 0 spiro atoms. The highest BCUT2D eigenvalue weighted by Crippen LogP contribution is 2.25. The lowest BCUT2D eigenvalue weighted by Crippen LogP contribution is -2.49. The predicted molar refractivity (Wildman–Crippen MR) is 92.2 cm³/mol. The van der Waals surface area contributed by atoms with E-state index in [0.29, 0.717) is 13.0 Å². The van der Waals surface area contributed by atoms with E-state index >= 15 is 0 Å². The molecule has 1 aliphatic rings. The topological polar surface area (TPSA) is 75.7 Å². The summed E-state index contributed by atoms with van der Waals surface area (Å²) in [6.07, 6.45) is 1.72. The Morgan fingerprint density at radius 2 is 1.92 bits per heavy atom. The molecule has 140 valence electrons. The number of carbonyl (C=O) groups excluding carboxylic acids is 1. The molecule has 1 amide bonds. The van der Waals surface area contributed by atoms with Crippen LogP contribution in [0, 0.1) is 5.82 Å². The van der Waals surface area contributed by atoms with Crippen molar-refractivity contribution >= 4 is 16.1 Å². The minimum atomic E-state index is -3.74. The van der Waals surface area contributed by atoms with Crippen LogP contribution in [-0.2, 0) is 14.8 Å².